The first-order valence-corrected chi connectivity index (χ1v) is 12.4. The van der Waals surface area contributed by atoms with Crippen LogP contribution in [0.5, 0.6) is 5.75 Å². The van der Waals surface area contributed by atoms with Gasteiger partial charge in [-0.3, -0.25) is 0 Å². The summed E-state index contributed by atoms with van der Waals surface area (Å²) in [6, 6.07) is 19.4. The molecule has 0 atom stereocenters. The van der Waals surface area contributed by atoms with Gasteiger partial charge in [0.05, 0.1) is 6.61 Å². The van der Waals surface area contributed by atoms with Gasteiger partial charge in [-0.15, -0.1) is 0 Å². The Morgan fingerprint density at radius 3 is 1.82 bits per heavy atom. The van der Waals surface area contributed by atoms with E-state index in [9.17, 15) is 8.78 Å². The standard InChI is InChI=1S/C30H36F2O/c1-3-5-7-8-9-10-11-23-12-14-24(15-13-23)25-16-18-26(19-17-25)27-20-21-28(30(32)29(27)31)33-22-6-4-2/h12-21H,3-11,22H2,1-2H3. The van der Waals surface area contributed by atoms with Crippen LogP contribution in [0.25, 0.3) is 22.3 Å². The average molecular weight is 451 g/mol. The Morgan fingerprint density at radius 2 is 1.15 bits per heavy atom. The van der Waals surface area contributed by atoms with E-state index in [2.05, 4.69) is 31.2 Å². The van der Waals surface area contributed by atoms with Crippen molar-refractivity contribution < 1.29 is 13.5 Å². The van der Waals surface area contributed by atoms with Crippen molar-refractivity contribution in [2.75, 3.05) is 6.61 Å². The van der Waals surface area contributed by atoms with Crippen LogP contribution in [-0.2, 0) is 6.42 Å². The van der Waals surface area contributed by atoms with Crippen molar-refractivity contribution in [1.82, 2.24) is 0 Å². The van der Waals surface area contributed by atoms with Gasteiger partial charge in [0.15, 0.2) is 11.6 Å². The molecule has 0 saturated carbocycles. The van der Waals surface area contributed by atoms with Crippen LogP contribution >= 0.6 is 0 Å². The molecule has 0 heterocycles. The molecule has 0 bridgehead atoms. The molecular weight excluding hydrogens is 414 g/mol. The number of ether oxygens (including phenoxy) is 1. The fourth-order valence-electron chi connectivity index (χ4n) is 4.01. The molecule has 1 nitrogen and oxygen atoms in total. The van der Waals surface area contributed by atoms with E-state index in [4.69, 9.17) is 4.74 Å². The summed E-state index contributed by atoms with van der Waals surface area (Å²) in [5.41, 5.74) is 4.45. The van der Waals surface area contributed by atoms with Gasteiger partial charge >= 0.3 is 0 Å². The largest absolute Gasteiger partial charge is 0.490 e. The molecule has 0 aliphatic heterocycles. The zero-order valence-corrected chi connectivity index (χ0v) is 20.0. The molecule has 176 valence electrons. The lowest BCUT2D eigenvalue weighted by Gasteiger charge is -2.11. The Kier molecular flexibility index (Phi) is 9.93. The van der Waals surface area contributed by atoms with Crippen LogP contribution in [0.1, 0.15) is 70.8 Å². The van der Waals surface area contributed by atoms with E-state index in [1.807, 2.05) is 31.2 Å². The molecule has 0 saturated heterocycles. The highest BCUT2D eigenvalue weighted by molar-refractivity contribution is 5.71. The summed E-state index contributed by atoms with van der Waals surface area (Å²) in [5, 5.41) is 0. The third kappa shape index (κ3) is 7.15. The van der Waals surface area contributed by atoms with Gasteiger partial charge in [0.1, 0.15) is 0 Å². The molecule has 0 unspecified atom stereocenters. The summed E-state index contributed by atoms with van der Waals surface area (Å²) in [6.07, 6.45) is 10.7. The van der Waals surface area contributed by atoms with Crippen LogP contribution in [0.15, 0.2) is 60.7 Å². The van der Waals surface area contributed by atoms with Gasteiger partial charge in [0, 0.05) is 5.56 Å². The second-order valence-corrected chi connectivity index (χ2v) is 8.73. The van der Waals surface area contributed by atoms with Crippen LogP contribution in [0.3, 0.4) is 0 Å². The summed E-state index contributed by atoms with van der Waals surface area (Å²) in [5.74, 6) is -1.81. The molecule has 0 aromatic heterocycles. The van der Waals surface area contributed by atoms with E-state index in [-0.39, 0.29) is 11.3 Å². The summed E-state index contributed by atoms with van der Waals surface area (Å²) < 4.78 is 34.4. The Bertz CT molecular complexity index is 977. The summed E-state index contributed by atoms with van der Waals surface area (Å²) in [6.45, 7) is 4.66. The van der Waals surface area contributed by atoms with Crippen molar-refractivity contribution in [3.63, 3.8) is 0 Å². The highest BCUT2D eigenvalue weighted by atomic mass is 19.2. The second-order valence-electron chi connectivity index (χ2n) is 8.73. The number of rotatable bonds is 13. The van der Waals surface area contributed by atoms with Crippen molar-refractivity contribution >= 4 is 0 Å². The number of hydrogen-bond acceptors (Lipinski definition) is 1. The maximum atomic E-state index is 14.7. The average Bonchev–Trinajstić information content (AvgIpc) is 2.85. The smallest absolute Gasteiger partial charge is 0.201 e. The number of hydrogen-bond donors (Lipinski definition) is 0. The molecule has 0 radical (unpaired) electrons. The molecule has 0 amide bonds. The van der Waals surface area contributed by atoms with Crippen molar-refractivity contribution in [1.29, 1.82) is 0 Å². The maximum Gasteiger partial charge on any atom is 0.201 e. The number of unbranched alkanes of at least 4 members (excludes halogenated alkanes) is 6. The monoisotopic (exact) mass is 450 g/mol. The summed E-state index contributed by atoms with van der Waals surface area (Å²) in [4.78, 5) is 0. The van der Waals surface area contributed by atoms with Gasteiger partial charge in [-0.1, -0.05) is 101 Å². The Balaban J connectivity index is 1.61. The molecule has 3 aromatic rings. The molecule has 0 aliphatic carbocycles. The predicted octanol–water partition coefficient (Wildman–Crippen LogP) is 9.38. The lowest BCUT2D eigenvalue weighted by atomic mass is 9.98. The molecule has 3 rings (SSSR count). The topological polar surface area (TPSA) is 9.23 Å². The molecule has 33 heavy (non-hydrogen) atoms. The predicted molar refractivity (Wildman–Crippen MR) is 135 cm³/mol. The van der Waals surface area contributed by atoms with E-state index < -0.39 is 11.6 Å². The van der Waals surface area contributed by atoms with Gasteiger partial charge in [-0.2, -0.15) is 4.39 Å². The zero-order valence-electron chi connectivity index (χ0n) is 20.0. The maximum absolute atomic E-state index is 14.7. The number of halogens is 2. The van der Waals surface area contributed by atoms with Gasteiger partial charge in [0.25, 0.3) is 0 Å². The minimum absolute atomic E-state index is 0.0256. The van der Waals surface area contributed by atoms with Gasteiger partial charge < -0.3 is 4.74 Å². The summed E-state index contributed by atoms with van der Waals surface area (Å²) >= 11 is 0. The highest BCUT2D eigenvalue weighted by Crippen LogP contribution is 2.31. The van der Waals surface area contributed by atoms with Crippen LogP contribution in [0.4, 0.5) is 8.78 Å². The van der Waals surface area contributed by atoms with E-state index in [1.54, 1.807) is 6.07 Å². The minimum Gasteiger partial charge on any atom is -0.490 e. The Labute approximate surface area is 197 Å². The van der Waals surface area contributed by atoms with Crippen molar-refractivity contribution in [2.45, 2.75) is 71.6 Å². The fraction of sp³-hybridized carbons (Fsp3) is 0.400. The molecule has 0 fully saturated rings. The molecule has 3 aromatic carbocycles. The molecule has 3 heteroatoms. The van der Waals surface area contributed by atoms with E-state index in [1.165, 1.54) is 50.2 Å². The first-order chi connectivity index (χ1) is 16.1. The first kappa shape index (κ1) is 25.0. The zero-order chi connectivity index (χ0) is 23.5. The van der Waals surface area contributed by atoms with Crippen LogP contribution in [0.2, 0.25) is 0 Å². The van der Waals surface area contributed by atoms with Crippen molar-refractivity contribution in [3.05, 3.63) is 77.9 Å². The first-order valence-electron chi connectivity index (χ1n) is 12.4. The normalized spacial score (nSPS) is 11.0. The Morgan fingerprint density at radius 1 is 0.576 bits per heavy atom. The quantitative estimate of drug-likeness (QED) is 0.236. The van der Waals surface area contributed by atoms with Gasteiger partial charge in [-0.05, 0) is 53.6 Å². The fourth-order valence-corrected chi connectivity index (χ4v) is 4.01. The number of aryl methyl sites for hydroxylation is 1. The van der Waals surface area contributed by atoms with Crippen molar-refractivity contribution in [3.8, 4) is 28.0 Å². The molecule has 0 aliphatic rings. The van der Waals surface area contributed by atoms with Crippen molar-refractivity contribution in [2.24, 2.45) is 0 Å². The van der Waals surface area contributed by atoms with Crippen LogP contribution < -0.4 is 4.74 Å². The van der Waals surface area contributed by atoms with E-state index in [0.29, 0.717) is 12.2 Å². The lowest BCUT2D eigenvalue weighted by Crippen LogP contribution is -2.01. The highest BCUT2D eigenvalue weighted by Gasteiger charge is 2.16. The minimum atomic E-state index is -0.923. The van der Waals surface area contributed by atoms with Crippen LogP contribution in [0, 0.1) is 11.6 Å². The summed E-state index contributed by atoms with van der Waals surface area (Å²) in [7, 11) is 0. The van der Waals surface area contributed by atoms with Gasteiger partial charge in [-0.25, -0.2) is 4.39 Å². The van der Waals surface area contributed by atoms with Crippen LogP contribution in [-0.4, -0.2) is 6.61 Å². The molecular formula is C30H36F2O. The number of benzene rings is 3. The molecule has 0 N–H and O–H groups in total. The van der Waals surface area contributed by atoms with E-state index in [0.717, 1.165) is 30.4 Å². The van der Waals surface area contributed by atoms with E-state index >= 15 is 0 Å². The SMILES string of the molecule is CCCCCCCCc1ccc(-c2ccc(-c3ccc(OCCCC)c(F)c3F)cc2)cc1. The van der Waals surface area contributed by atoms with Gasteiger partial charge in [0.2, 0.25) is 5.82 Å². The molecule has 0 spiro atoms. The Hall–Kier alpha value is -2.68. The second kappa shape index (κ2) is 13.1. The lowest BCUT2D eigenvalue weighted by molar-refractivity contribution is 0.289. The third-order valence-corrected chi connectivity index (χ3v) is 6.10. The third-order valence-electron chi connectivity index (χ3n) is 6.10.